The van der Waals surface area contributed by atoms with E-state index in [4.69, 9.17) is 27.9 Å². The van der Waals surface area contributed by atoms with Gasteiger partial charge in [0.15, 0.2) is 0 Å². The van der Waals surface area contributed by atoms with Gasteiger partial charge in [0.2, 0.25) is 0 Å². The number of hydrogen-bond donors (Lipinski definition) is 0. The Kier molecular flexibility index (Phi) is 7.06. The summed E-state index contributed by atoms with van der Waals surface area (Å²) >= 11 is 12.4. The third-order valence-electron chi connectivity index (χ3n) is 3.30. The Morgan fingerprint density at radius 2 is 1.78 bits per heavy atom. The molecule has 0 spiro atoms. The first-order valence-electron chi connectivity index (χ1n) is 6.46. The van der Waals surface area contributed by atoms with Crippen molar-refractivity contribution < 1.29 is 4.74 Å². The van der Waals surface area contributed by atoms with E-state index < -0.39 is 0 Å². The molecule has 0 saturated heterocycles. The molecule has 0 aliphatic carbocycles. The summed E-state index contributed by atoms with van der Waals surface area (Å²) in [5.41, 5.74) is 2.31. The minimum Gasteiger partial charge on any atom is -0.381 e. The number of hydrogen-bond acceptors (Lipinski definition) is 1. The highest BCUT2D eigenvalue weighted by molar-refractivity contribution is 6.22. The van der Waals surface area contributed by atoms with Gasteiger partial charge in [-0.15, -0.1) is 23.2 Å². The van der Waals surface area contributed by atoms with Gasteiger partial charge in [-0.3, -0.25) is 0 Å². The highest BCUT2D eigenvalue weighted by Gasteiger charge is 2.31. The molecule has 102 valence electrons. The van der Waals surface area contributed by atoms with E-state index in [0.717, 1.165) is 19.4 Å². The van der Waals surface area contributed by atoms with Gasteiger partial charge in [-0.05, 0) is 30.9 Å². The Morgan fingerprint density at radius 3 is 2.33 bits per heavy atom. The molecule has 0 N–H and O–H groups in total. The zero-order valence-electron chi connectivity index (χ0n) is 11.2. The van der Waals surface area contributed by atoms with Crippen LogP contribution in [-0.2, 0) is 10.2 Å². The van der Waals surface area contributed by atoms with Crippen molar-refractivity contribution in [2.24, 2.45) is 0 Å². The van der Waals surface area contributed by atoms with E-state index in [1.807, 2.05) is 12.1 Å². The molecule has 1 aromatic rings. The van der Waals surface area contributed by atoms with E-state index in [9.17, 15) is 0 Å². The molecule has 3 heteroatoms. The van der Waals surface area contributed by atoms with E-state index in [1.54, 1.807) is 0 Å². The van der Waals surface area contributed by atoms with Crippen molar-refractivity contribution in [3.05, 3.63) is 35.4 Å². The molecule has 0 bridgehead atoms. The Balaban J connectivity index is 2.83. The molecule has 0 aliphatic heterocycles. The Morgan fingerprint density at radius 1 is 1.11 bits per heavy atom. The van der Waals surface area contributed by atoms with Crippen LogP contribution in [0.2, 0.25) is 0 Å². The Bertz CT molecular complexity index is 348. The number of alkyl halides is 2. The number of rotatable bonds is 8. The van der Waals surface area contributed by atoms with Gasteiger partial charge in [-0.1, -0.05) is 31.2 Å². The molecule has 0 aliphatic rings. The van der Waals surface area contributed by atoms with Crippen LogP contribution in [0.5, 0.6) is 0 Å². The average molecular weight is 289 g/mol. The summed E-state index contributed by atoms with van der Waals surface area (Å²) in [6, 6.07) is 8.32. The van der Waals surface area contributed by atoms with Crippen molar-refractivity contribution in [2.75, 3.05) is 25.0 Å². The Hall–Kier alpha value is -0.240. The molecule has 0 saturated carbocycles. The highest BCUT2D eigenvalue weighted by Crippen LogP contribution is 2.33. The lowest BCUT2D eigenvalue weighted by Gasteiger charge is -2.31. The summed E-state index contributed by atoms with van der Waals surface area (Å²) < 4.78 is 5.59. The third kappa shape index (κ3) is 3.88. The van der Waals surface area contributed by atoms with Gasteiger partial charge in [0.1, 0.15) is 0 Å². The molecule has 0 unspecified atom stereocenters. The summed E-state index contributed by atoms with van der Waals surface area (Å²) in [5.74, 6) is 1.05. The maximum Gasteiger partial charge on any atom is 0.0475 e. The van der Waals surface area contributed by atoms with Crippen LogP contribution in [0.15, 0.2) is 24.3 Å². The fourth-order valence-corrected chi connectivity index (χ4v) is 2.97. The molecule has 1 rings (SSSR count). The van der Waals surface area contributed by atoms with Crippen molar-refractivity contribution in [1.82, 2.24) is 0 Å². The molecular weight excluding hydrogens is 267 g/mol. The van der Waals surface area contributed by atoms with Gasteiger partial charge >= 0.3 is 0 Å². The van der Waals surface area contributed by atoms with Crippen molar-refractivity contribution >= 4 is 23.2 Å². The largest absolute Gasteiger partial charge is 0.381 e. The van der Waals surface area contributed by atoms with Crippen molar-refractivity contribution in [1.29, 1.82) is 0 Å². The van der Waals surface area contributed by atoms with Crippen LogP contribution in [-0.4, -0.2) is 25.0 Å². The van der Waals surface area contributed by atoms with E-state index in [1.165, 1.54) is 11.1 Å². The zero-order chi connectivity index (χ0) is 13.4. The van der Waals surface area contributed by atoms with E-state index in [2.05, 4.69) is 26.0 Å². The van der Waals surface area contributed by atoms with Crippen LogP contribution < -0.4 is 0 Å². The summed E-state index contributed by atoms with van der Waals surface area (Å²) in [6.45, 7) is 5.73. The molecule has 0 heterocycles. The number of aryl methyl sites for hydroxylation is 1. The number of ether oxygens (including phenoxy) is 1. The van der Waals surface area contributed by atoms with Crippen LogP contribution in [0.3, 0.4) is 0 Å². The van der Waals surface area contributed by atoms with Gasteiger partial charge in [0, 0.05) is 30.4 Å². The Labute approximate surface area is 120 Å². The average Bonchev–Trinajstić information content (AvgIpc) is 2.41. The van der Waals surface area contributed by atoms with Crippen LogP contribution in [0, 0.1) is 6.92 Å². The predicted molar refractivity (Wildman–Crippen MR) is 80.0 cm³/mol. The summed E-state index contributed by atoms with van der Waals surface area (Å²) in [6.07, 6.45) is 1.91. The maximum absolute atomic E-state index is 6.20. The molecule has 1 nitrogen and oxygen atoms in total. The van der Waals surface area contributed by atoms with E-state index in [-0.39, 0.29) is 5.41 Å². The first-order chi connectivity index (χ1) is 8.70. The molecule has 0 aromatic heterocycles. The molecule has 0 atom stereocenters. The zero-order valence-corrected chi connectivity index (χ0v) is 12.7. The van der Waals surface area contributed by atoms with Gasteiger partial charge in [-0.2, -0.15) is 0 Å². The lowest BCUT2D eigenvalue weighted by Crippen LogP contribution is -2.33. The van der Waals surface area contributed by atoms with Gasteiger partial charge in [0.05, 0.1) is 0 Å². The molecule has 1 aromatic carbocycles. The number of halogens is 2. The minimum absolute atomic E-state index is 0.178. The van der Waals surface area contributed by atoms with Crippen LogP contribution in [0.25, 0.3) is 0 Å². The quantitative estimate of drug-likeness (QED) is 0.505. The van der Waals surface area contributed by atoms with Crippen LogP contribution in [0.1, 0.15) is 30.9 Å². The number of benzene rings is 1. The smallest absolute Gasteiger partial charge is 0.0475 e. The summed E-state index contributed by atoms with van der Waals surface area (Å²) in [5, 5.41) is 0. The second kappa shape index (κ2) is 8.04. The molecule has 0 radical (unpaired) electrons. The van der Waals surface area contributed by atoms with E-state index in [0.29, 0.717) is 18.4 Å². The molecule has 0 fully saturated rings. The van der Waals surface area contributed by atoms with Crippen LogP contribution >= 0.6 is 23.2 Å². The third-order valence-corrected chi connectivity index (χ3v) is 4.32. The first-order valence-corrected chi connectivity index (χ1v) is 7.53. The van der Waals surface area contributed by atoms with Gasteiger partial charge in [-0.25, -0.2) is 0 Å². The van der Waals surface area contributed by atoms with Crippen molar-refractivity contribution in [3.63, 3.8) is 0 Å². The molecule has 0 amide bonds. The predicted octanol–water partition coefficient (Wildman–Crippen LogP) is 4.53. The SMILES string of the molecule is CCCOCCC(CCl)(CCl)c1ccccc1C. The summed E-state index contributed by atoms with van der Waals surface area (Å²) in [4.78, 5) is 0. The second-order valence-corrected chi connectivity index (χ2v) is 5.26. The second-order valence-electron chi connectivity index (χ2n) is 4.72. The summed E-state index contributed by atoms with van der Waals surface area (Å²) in [7, 11) is 0. The van der Waals surface area contributed by atoms with Gasteiger partial charge in [0.25, 0.3) is 0 Å². The van der Waals surface area contributed by atoms with Gasteiger partial charge < -0.3 is 4.74 Å². The van der Waals surface area contributed by atoms with E-state index >= 15 is 0 Å². The molecule has 18 heavy (non-hydrogen) atoms. The lowest BCUT2D eigenvalue weighted by molar-refractivity contribution is 0.119. The minimum atomic E-state index is -0.178. The molecular formula is C15H22Cl2O. The van der Waals surface area contributed by atoms with Crippen LogP contribution in [0.4, 0.5) is 0 Å². The monoisotopic (exact) mass is 288 g/mol. The standard InChI is InChI=1S/C15H22Cl2O/c1-3-9-18-10-8-15(11-16,12-17)14-7-5-4-6-13(14)2/h4-7H,3,8-12H2,1-2H3. The highest BCUT2D eigenvalue weighted by atomic mass is 35.5. The fourth-order valence-electron chi connectivity index (χ4n) is 2.13. The normalized spacial score (nSPS) is 11.8. The maximum atomic E-state index is 6.20. The topological polar surface area (TPSA) is 9.23 Å². The van der Waals surface area contributed by atoms with Crippen molar-refractivity contribution in [2.45, 2.75) is 32.1 Å². The van der Waals surface area contributed by atoms with Crippen molar-refractivity contribution in [3.8, 4) is 0 Å². The lowest BCUT2D eigenvalue weighted by atomic mass is 9.79. The fraction of sp³-hybridized carbons (Fsp3) is 0.600. The first kappa shape index (κ1) is 15.8.